The number of carbonyl (C=O) groups is 2. The Bertz CT molecular complexity index is 1030. The van der Waals surface area contributed by atoms with Gasteiger partial charge in [-0.15, -0.1) is 0 Å². The first kappa shape index (κ1) is 38.5. The van der Waals surface area contributed by atoms with Gasteiger partial charge in [-0.25, -0.2) is 4.18 Å². The maximum absolute atomic E-state index is 11.7. The van der Waals surface area contributed by atoms with Crippen LogP contribution in [0.1, 0.15) is 13.8 Å². The SMILES string of the molecule is CC(=O)N[C@H]1[C@H](OC[C@@H](O)[C@H](O)[C@H](O[C@@H]2O[C@H](CO)[C@H](O)[C@H](O)[C@H]2O)[C@H](CO)NC(C)=O)O[C@H](COS(=O)(=O)O)[C@@H](O)[C@@H]1O. The van der Waals surface area contributed by atoms with E-state index in [4.69, 9.17) is 23.5 Å². The molecule has 22 heteroatoms. The van der Waals surface area contributed by atoms with E-state index in [1.165, 1.54) is 0 Å². The van der Waals surface area contributed by atoms with Crippen molar-refractivity contribution >= 4 is 22.2 Å². The second-order valence-electron chi connectivity index (χ2n) is 10.1. The molecular formula is C22H40N2O19S. The summed E-state index contributed by atoms with van der Waals surface area (Å²) >= 11 is 0. The molecule has 12 N–H and O–H groups in total. The zero-order chi connectivity index (χ0) is 33.5. The highest BCUT2D eigenvalue weighted by molar-refractivity contribution is 7.80. The van der Waals surface area contributed by atoms with Crippen molar-refractivity contribution in [3.05, 3.63) is 0 Å². The van der Waals surface area contributed by atoms with Gasteiger partial charge in [-0.1, -0.05) is 0 Å². The topological polar surface area (TPSA) is 341 Å². The van der Waals surface area contributed by atoms with Crippen LogP contribution in [-0.2, 0) is 43.1 Å². The lowest BCUT2D eigenvalue weighted by Crippen LogP contribution is -2.65. The third-order valence-electron chi connectivity index (χ3n) is 6.74. The molecule has 0 aromatic rings. The molecule has 44 heavy (non-hydrogen) atoms. The van der Waals surface area contributed by atoms with Crippen LogP contribution in [0.25, 0.3) is 0 Å². The van der Waals surface area contributed by atoms with Crippen LogP contribution in [0.4, 0.5) is 0 Å². The number of nitrogens with one attached hydrogen (secondary N) is 2. The molecule has 0 radical (unpaired) electrons. The van der Waals surface area contributed by atoms with Crippen molar-refractivity contribution in [1.82, 2.24) is 10.6 Å². The van der Waals surface area contributed by atoms with E-state index < -0.39 is 134 Å². The maximum Gasteiger partial charge on any atom is 0.397 e. The van der Waals surface area contributed by atoms with Gasteiger partial charge in [0.05, 0.1) is 32.5 Å². The van der Waals surface area contributed by atoms with E-state index in [-0.39, 0.29) is 0 Å². The van der Waals surface area contributed by atoms with E-state index in [9.17, 15) is 64.0 Å². The summed E-state index contributed by atoms with van der Waals surface area (Å²) in [4.78, 5) is 23.4. The maximum atomic E-state index is 11.7. The molecule has 0 bridgehead atoms. The normalized spacial score (nSPS) is 35.7. The largest absolute Gasteiger partial charge is 0.397 e. The molecule has 0 unspecified atom stereocenters. The summed E-state index contributed by atoms with van der Waals surface area (Å²) in [6.45, 7) is -1.61. The van der Waals surface area contributed by atoms with Crippen LogP contribution in [0.2, 0.25) is 0 Å². The summed E-state index contributed by atoms with van der Waals surface area (Å²) in [7, 11) is -5.00. The average Bonchev–Trinajstić information content (AvgIpc) is 2.94. The van der Waals surface area contributed by atoms with Crippen LogP contribution in [0.5, 0.6) is 0 Å². The lowest BCUT2D eigenvalue weighted by molar-refractivity contribution is -0.323. The second-order valence-corrected chi connectivity index (χ2v) is 11.2. The molecule has 0 aromatic carbocycles. The number of amides is 2. The van der Waals surface area contributed by atoms with Gasteiger partial charge in [0.25, 0.3) is 0 Å². The van der Waals surface area contributed by atoms with Crippen molar-refractivity contribution in [3.8, 4) is 0 Å². The molecule has 0 aromatic heterocycles. The molecular weight excluding hydrogens is 628 g/mol. The lowest BCUT2D eigenvalue weighted by atomic mass is 9.96. The summed E-state index contributed by atoms with van der Waals surface area (Å²) in [5, 5.41) is 96.8. The summed E-state index contributed by atoms with van der Waals surface area (Å²) in [6.07, 6.45) is -22.1. The highest BCUT2D eigenvalue weighted by Crippen LogP contribution is 2.26. The van der Waals surface area contributed by atoms with Gasteiger partial charge in [-0.3, -0.25) is 14.1 Å². The summed E-state index contributed by atoms with van der Waals surface area (Å²) in [5.74, 6) is -1.47. The van der Waals surface area contributed by atoms with Crippen molar-refractivity contribution in [2.24, 2.45) is 0 Å². The Balaban J connectivity index is 2.26. The van der Waals surface area contributed by atoms with Crippen LogP contribution in [0, 0.1) is 0 Å². The minimum atomic E-state index is -5.00. The third kappa shape index (κ3) is 10.4. The monoisotopic (exact) mass is 668 g/mol. The number of aliphatic hydroxyl groups excluding tert-OH is 9. The number of hydrogen-bond donors (Lipinski definition) is 12. The molecule has 2 amide bonds. The predicted octanol–water partition coefficient (Wildman–Crippen LogP) is -7.82. The van der Waals surface area contributed by atoms with E-state index in [2.05, 4.69) is 14.8 Å². The van der Waals surface area contributed by atoms with Gasteiger partial charge in [0, 0.05) is 13.8 Å². The molecule has 2 aliphatic heterocycles. The van der Waals surface area contributed by atoms with E-state index in [0.717, 1.165) is 13.8 Å². The van der Waals surface area contributed by atoms with Crippen molar-refractivity contribution in [1.29, 1.82) is 0 Å². The van der Waals surface area contributed by atoms with Gasteiger partial charge in [0.2, 0.25) is 11.8 Å². The fourth-order valence-corrected chi connectivity index (χ4v) is 4.81. The van der Waals surface area contributed by atoms with Crippen LogP contribution in [0.3, 0.4) is 0 Å². The Morgan fingerprint density at radius 3 is 1.98 bits per heavy atom. The van der Waals surface area contributed by atoms with Crippen LogP contribution >= 0.6 is 0 Å². The Hall–Kier alpha value is -1.71. The fraction of sp³-hybridized carbons (Fsp3) is 0.909. The molecule has 0 spiro atoms. The summed E-state index contributed by atoms with van der Waals surface area (Å²) in [6, 6.07) is -3.03. The van der Waals surface area contributed by atoms with Crippen LogP contribution in [0.15, 0.2) is 0 Å². The quantitative estimate of drug-likeness (QED) is 0.0721. The van der Waals surface area contributed by atoms with Crippen molar-refractivity contribution < 1.29 is 91.6 Å². The van der Waals surface area contributed by atoms with Crippen molar-refractivity contribution in [2.45, 2.75) is 99.6 Å². The Labute approximate surface area is 250 Å². The van der Waals surface area contributed by atoms with E-state index in [0.29, 0.717) is 0 Å². The van der Waals surface area contributed by atoms with E-state index >= 15 is 0 Å². The highest BCUT2D eigenvalue weighted by Gasteiger charge is 2.49. The molecule has 258 valence electrons. The zero-order valence-corrected chi connectivity index (χ0v) is 24.3. The summed E-state index contributed by atoms with van der Waals surface area (Å²) < 4.78 is 56.4. The predicted molar refractivity (Wildman–Crippen MR) is 137 cm³/mol. The molecule has 2 fully saturated rings. The van der Waals surface area contributed by atoms with Gasteiger partial charge >= 0.3 is 10.4 Å². The first-order valence-corrected chi connectivity index (χ1v) is 14.5. The summed E-state index contributed by atoms with van der Waals surface area (Å²) in [5.41, 5.74) is 0. The van der Waals surface area contributed by atoms with Gasteiger partial charge in [0.1, 0.15) is 67.1 Å². The van der Waals surface area contributed by atoms with Gasteiger partial charge in [-0.05, 0) is 0 Å². The fourth-order valence-electron chi connectivity index (χ4n) is 4.50. The molecule has 14 atom stereocenters. The first-order chi connectivity index (χ1) is 20.4. The van der Waals surface area contributed by atoms with E-state index in [1.807, 2.05) is 0 Å². The minimum Gasteiger partial charge on any atom is -0.394 e. The zero-order valence-electron chi connectivity index (χ0n) is 23.5. The molecule has 2 saturated heterocycles. The van der Waals surface area contributed by atoms with Gasteiger partial charge in [0.15, 0.2) is 12.6 Å². The number of rotatable bonds is 15. The van der Waals surface area contributed by atoms with Crippen LogP contribution in [-0.4, -0.2) is 183 Å². The van der Waals surface area contributed by atoms with Gasteiger partial charge < -0.3 is 75.5 Å². The lowest BCUT2D eigenvalue weighted by Gasteiger charge is -2.43. The third-order valence-corrected chi connectivity index (χ3v) is 7.17. The number of hydrogen-bond acceptors (Lipinski definition) is 18. The standard InChI is InChI=1S/C22H40N2O19S/c1-7(27)23-9(3-25)20(43-22-19(35)18(34)15(31)11(4-26)41-22)14(30)10(29)5-39-21-13(24-8(2)28)17(33)16(32)12(42-21)6-40-44(36,37)38/h9-22,25-26,29-35H,3-6H2,1-2H3,(H,23,27)(H,24,28)(H,36,37,38)/t9-,10+,11+,12+,13+,14-,15-,16+,17+,18-,19+,20+,21+,22-/m0/s1. The van der Waals surface area contributed by atoms with Crippen molar-refractivity contribution in [2.75, 3.05) is 26.4 Å². The number of carbonyl (C=O) groups excluding carboxylic acids is 2. The number of ether oxygens (including phenoxy) is 4. The highest BCUT2D eigenvalue weighted by atomic mass is 32.3. The molecule has 2 heterocycles. The van der Waals surface area contributed by atoms with Crippen molar-refractivity contribution in [3.63, 3.8) is 0 Å². The molecule has 21 nitrogen and oxygen atoms in total. The Morgan fingerprint density at radius 2 is 1.45 bits per heavy atom. The first-order valence-electron chi connectivity index (χ1n) is 13.1. The Kier molecular flexibility index (Phi) is 14.6. The average molecular weight is 669 g/mol. The van der Waals surface area contributed by atoms with Gasteiger partial charge in [-0.2, -0.15) is 8.42 Å². The van der Waals surface area contributed by atoms with Crippen LogP contribution < -0.4 is 10.6 Å². The molecule has 2 rings (SSSR count). The molecule has 0 aliphatic carbocycles. The van der Waals surface area contributed by atoms with E-state index in [1.54, 1.807) is 0 Å². The molecule has 2 aliphatic rings. The smallest absolute Gasteiger partial charge is 0.394 e. The Morgan fingerprint density at radius 1 is 0.864 bits per heavy atom. The second kappa shape index (κ2) is 16.7. The number of aliphatic hydroxyl groups is 9. The minimum absolute atomic E-state index is 0.733. The molecule has 0 saturated carbocycles.